The van der Waals surface area contributed by atoms with E-state index in [2.05, 4.69) is 0 Å². The van der Waals surface area contributed by atoms with Crippen LogP contribution < -0.4 is 0 Å². The molecule has 0 heterocycles. The average molecular weight is 403 g/mol. The zero-order valence-electron chi connectivity index (χ0n) is 14.8. The molecule has 0 unspecified atom stereocenters. The largest absolute Gasteiger partial charge is 0.295 e. The van der Waals surface area contributed by atoms with Gasteiger partial charge < -0.3 is 0 Å². The van der Waals surface area contributed by atoms with Gasteiger partial charge in [0.2, 0.25) is 10.0 Å². The molecule has 0 saturated carbocycles. The van der Waals surface area contributed by atoms with Crippen molar-refractivity contribution in [2.45, 2.75) is 38.3 Å². The first-order chi connectivity index (χ1) is 12.5. The van der Waals surface area contributed by atoms with Gasteiger partial charge in [-0.05, 0) is 26.3 Å². The number of hydrogen-bond donors (Lipinski definition) is 0. The molecule has 0 fully saturated rings. The minimum absolute atomic E-state index is 0.122. The predicted octanol–water partition coefficient (Wildman–Crippen LogP) is 4.04. The SMILES string of the molecule is CC(=O)c1ccc(CN(C(C)C)S(=O)(=O)c2cc(F)c(F)c(F)c2F)cc1. The van der Waals surface area contributed by atoms with Gasteiger partial charge in [-0.2, -0.15) is 4.31 Å². The maximum absolute atomic E-state index is 14.0. The second-order valence-electron chi connectivity index (χ2n) is 6.20. The molecule has 0 aliphatic rings. The molecule has 0 aliphatic carbocycles. The van der Waals surface area contributed by atoms with Crippen molar-refractivity contribution in [2.75, 3.05) is 0 Å². The van der Waals surface area contributed by atoms with Crippen molar-refractivity contribution in [3.63, 3.8) is 0 Å². The molecule has 4 nitrogen and oxygen atoms in total. The maximum Gasteiger partial charge on any atom is 0.246 e. The van der Waals surface area contributed by atoms with Crippen molar-refractivity contribution in [1.82, 2.24) is 4.31 Å². The van der Waals surface area contributed by atoms with Crippen LogP contribution in [0.25, 0.3) is 0 Å². The molecule has 0 amide bonds. The van der Waals surface area contributed by atoms with E-state index in [0.29, 0.717) is 11.1 Å². The summed E-state index contributed by atoms with van der Waals surface area (Å²) in [5, 5.41) is 0. The number of carbonyl (C=O) groups excluding carboxylic acids is 1. The number of nitrogens with zero attached hydrogens (tertiary/aromatic N) is 1. The summed E-state index contributed by atoms with van der Waals surface area (Å²) in [5.41, 5.74) is 0.896. The Bertz CT molecular complexity index is 973. The third-order valence-corrected chi connectivity index (χ3v) is 5.95. The Kier molecular flexibility index (Phi) is 6.06. The number of sulfonamides is 1. The van der Waals surface area contributed by atoms with Gasteiger partial charge in [0.15, 0.2) is 29.1 Å². The van der Waals surface area contributed by atoms with Crippen LogP contribution in [0.3, 0.4) is 0 Å². The van der Waals surface area contributed by atoms with Crippen molar-refractivity contribution in [3.05, 3.63) is 64.7 Å². The van der Waals surface area contributed by atoms with Crippen LogP contribution in [0.4, 0.5) is 17.6 Å². The van der Waals surface area contributed by atoms with Crippen LogP contribution in [0.2, 0.25) is 0 Å². The molecule has 27 heavy (non-hydrogen) atoms. The Morgan fingerprint density at radius 1 is 1.00 bits per heavy atom. The van der Waals surface area contributed by atoms with E-state index in [1.165, 1.54) is 45.0 Å². The van der Waals surface area contributed by atoms with Gasteiger partial charge in [-0.3, -0.25) is 4.79 Å². The van der Waals surface area contributed by atoms with E-state index < -0.39 is 44.2 Å². The van der Waals surface area contributed by atoms with Crippen LogP contribution in [0.1, 0.15) is 36.7 Å². The monoisotopic (exact) mass is 403 g/mol. The highest BCUT2D eigenvalue weighted by Gasteiger charge is 2.33. The van der Waals surface area contributed by atoms with Crippen LogP contribution in [0.15, 0.2) is 35.2 Å². The van der Waals surface area contributed by atoms with E-state index in [4.69, 9.17) is 0 Å². The molecule has 2 aromatic rings. The molecular weight excluding hydrogens is 386 g/mol. The fourth-order valence-electron chi connectivity index (χ4n) is 2.44. The number of halogens is 4. The quantitative estimate of drug-likeness (QED) is 0.317. The third-order valence-electron chi connectivity index (χ3n) is 3.93. The molecule has 0 radical (unpaired) electrons. The standard InChI is InChI=1S/C18H17F4NO3S/c1-10(2)23(9-12-4-6-13(7-5-12)11(3)24)27(25,26)15-8-14(19)16(20)18(22)17(15)21/h4-8,10H,9H2,1-3H3. The Balaban J connectivity index is 2.48. The van der Waals surface area contributed by atoms with Gasteiger partial charge in [0.05, 0.1) is 0 Å². The van der Waals surface area contributed by atoms with Crippen molar-refractivity contribution in [1.29, 1.82) is 0 Å². The zero-order valence-corrected chi connectivity index (χ0v) is 15.6. The van der Waals surface area contributed by atoms with Gasteiger partial charge in [0.1, 0.15) is 4.90 Å². The van der Waals surface area contributed by atoms with E-state index >= 15 is 0 Å². The van der Waals surface area contributed by atoms with E-state index in [0.717, 1.165) is 4.31 Å². The number of benzene rings is 2. The fourth-order valence-corrected chi connectivity index (χ4v) is 4.13. The molecule has 0 aliphatic heterocycles. The van der Waals surface area contributed by atoms with Crippen LogP contribution in [-0.2, 0) is 16.6 Å². The van der Waals surface area contributed by atoms with Crippen molar-refractivity contribution >= 4 is 15.8 Å². The summed E-state index contributed by atoms with van der Waals surface area (Å²) in [4.78, 5) is 10.0. The van der Waals surface area contributed by atoms with E-state index in [1.807, 2.05) is 0 Å². The molecule has 9 heteroatoms. The van der Waals surface area contributed by atoms with Gasteiger partial charge in [-0.15, -0.1) is 0 Å². The van der Waals surface area contributed by atoms with Gasteiger partial charge in [0.25, 0.3) is 0 Å². The Hall–Kier alpha value is -2.26. The highest BCUT2D eigenvalue weighted by Crippen LogP contribution is 2.27. The summed E-state index contributed by atoms with van der Waals surface area (Å²) in [7, 11) is -4.67. The molecule has 2 rings (SSSR count). The Labute approximate surface area is 154 Å². The first-order valence-corrected chi connectivity index (χ1v) is 9.35. The first-order valence-electron chi connectivity index (χ1n) is 7.91. The lowest BCUT2D eigenvalue weighted by atomic mass is 10.1. The summed E-state index contributed by atoms with van der Waals surface area (Å²) in [5.74, 6) is -8.23. The normalized spacial score (nSPS) is 12.0. The van der Waals surface area contributed by atoms with Crippen LogP contribution >= 0.6 is 0 Å². The molecule has 146 valence electrons. The molecule has 0 spiro atoms. The number of carbonyl (C=O) groups is 1. The topological polar surface area (TPSA) is 54.5 Å². The molecular formula is C18H17F4NO3S. The second kappa shape index (κ2) is 7.77. The third kappa shape index (κ3) is 4.19. The van der Waals surface area contributed by atoms with E-state index in [-0.39, 0.29) is 18.4 Å². The maximum atomic E-state index is 14.0. The minimum Gasteiger partial charge on any atom is -0.295 e. The lowest BCUT2D eigenvalue weighted by molar-refractivity contribution is 0.101. The smallest absolute Gasteiger partial charge is 0.246 e. The van der Waals surface area contributed by atoms with Crippen molar-refractivity contribution in [3.8, 4) is 0 Å². The molecule has 0 saturated heterocycles. The highest BCUT2D eigenvalue weighted by atomic mass is 32.2. The average Bonchev–Trinajstić information content (AvgIpc) is 2.60. The van der Waals surface area contributed by atoms with Gasteiger partial charge in [-0.25, -0.2) is 26.0 Å². The second-order valence-corrected chi connectivity index (χ2v) is 8.05. The fraction of sp³-hybridized carbons (Fsp3) is 0.278. The Morgan fingerprint density at radius 3 is 2.04 bits per heavy atom. The molecule has 0 atom stereocenters. The summed E-state index contributed by atoms with van der Waals surface area (Å²) >= 11 is 0. The lowest BCUT2D eigenvalue weighted by Gasteiger charge is -2.26. The van der Waals surface area contributed by atoms with Gasteiger partial charge >= 0.3 is 0 Å². The Morgan fingerprint density at radius 2 is 1.56 bits per heavy atom. The van der Waals surface area contributed by atoms with Gasteiger partial charge in [-0.1, -0.05) is 24.3 Å². The number of Topliss-reactive ketones (excluding diaryl/α,β-unsaturated/α-hetero) is 1. The minimum atomic E-state index is -4.67. The zero-order chi connectivity index (χ0) is 20.5. The molecule has 0 bridgehead atoms. The molecule has 0 N–H and O–H groups in total. The summed E-state index contributed by atoms with van der Waals surface area (Å²) < 4.78 is 80.5. The summed E-state index contributed by atoms with van der Waals surface area (Å²) in [6.45, 7) is 4.13. The first kappa shape index (κ1) is 21.0. The lowest BCUT2D eigenvalue weighted by Crippen LogP contribution is -2.37. The molecule has 0 aromatic heterocycles. The highest BCUT2D eigenvalue weighted by molar-refractivity contribution is 7.89. The number of hydrogen-bond acceptors (Lipinski definition) is 3. The summed E-state index contributed by atoms with van der Waals surface area (Å²) in [6, 6.07) is 5.46. The van der Waals surface area contributed by atoms with Crippen molar-refractivity contribution in [2.24, 2.45) is 0 Å². The van der Waals surface area contributed by atoms with Crippen LogP contribution in [0, 0.1) is 23.3 Å². The van der Waals surface area contributed by atoms with Crippen LogP contribution in [0.5, 0.6) is 0 Å². The van der Waals surface area contributed by atoms with Crippen molar-refractivity contribution < 1.29 is 30.8 Å². The van der Waals surface area contributed by atoms with Gasteiger partial charge in [0, 0.05) is 24.2 Å². The van der Waals surface area contributed by atoms with E-state index in [1.54, 1.807) is 0 Å². The van der Waals surface area contributed by atoms with E-state index in [9.17, 15) is 30.8 Å². The number of rotatable bonds is 6. The predicted molar refractivity (Wildman–Crippen MR) is 90.6 cm³/mol. The molecule has 2 aromatic carbocycles. The number of ketones is 1. The summed E-state index contributed by atoms with van der Waals surface area (Å²) in [6.07, 6.45) is 0. The van der Waals surface area contributed by atoms with Crippen LogP contribution in [-0.4, -0.2) is 24.5 Å².